The Kier molecular flexibility index (Phi) is 5.94. The molecule has 1 heterocycles. The van der Waals surface area contributed by atoms with E-state index in [0.717, 1.165) is 9.13 Å². The number of methoxy groups -OCH3 is 1. The average molecular weight is 470 g/mol. The molecule has 0 saturated carbocycles. The molecule has 134 valence electrons. The number of carbonyl (C=O) groups excluding carboxylic acids is 1. The Bertz CT molecular complexity index is 1010. The molecule has 6 heteroatoms. The molecule has 0 aliphatic rings. The summed E-state index contributed by atoms with van der Waals surface area (Å²) in [5.41, 5.74) is 1.45. The van der Waals surface area contributed by atoms with Crippen LogP contribution in [0.1, 0.15) is 5.76 Å². The third-order valence-electron chi connectivity index (χ3n) is 3.76. The van der Waals surface area contributed by atoms with E-state index in [2.05, 4.69) is 27.9 Å². The maximum Gasteiger partial charge on any atom is 0.266 e. The van der Waals surface area contributed by atoms with E-state index < -0.39 is 5.91 Å². The molecule has 1 N–H and O–H groups in total. The fourth-order valence-corrected chi connectivity index (χ4v) is 2.72. The summed E-state index contributed by atoms with van der Waals surface area (Å²) in [6.07, 6.45) is 1.43. The molecule has 27 heavy (non-hydrogen) atoms. The van der Waals surface area contributed by atoms with Crippen molar-refractivity contribution in [2.45, 2.75) is 0 Å². The molecule has 0 atom stereocenters. The van der Waals surface area contributed by atoms with Gasteiger partial charge >= 0.3 is 0 Å². The zero-order valence-electron chi connectivity index (χ0n) is 14.4. The van der Waals surface area contributed by atoms with E-state index >= 15 is 0 Å². The van der Waals surface area contributed by atoms with Crippen molar-refractivity contribution in [3.8, 4) is 23.1 Å². The van der Waals surface area contributed by atoms with E-state index in [-0.39, 0.29) is 5.57 Å². The summed E-state index contributed by atoms with van der Waals surface area (Å²) in [7, 11) is 1.57. The van der Waals surface area contributed by atoms with Crippen molar-refractivity contribution in [3.05, 3.63) is 75.6 Å². The Morgan fingerprint density at radius 1 is 1.11 bits per heavy atom. The molecule has 3 aromatic rings. The molecule has 0 aliphatic carbocycles. The van der Waals surface area contributed by atoms with Crippen LogP contribution in [0.25, 0.3) is 17.4 Å². The Morgan fingerprint density at radius 3 is 2.44 bits per heavy atom. The first-order chi connectivity index (χ1) is 13.1. The van der Waals surface area contributed by atoms with Crippen molar-refractivity contribution in [1.82, 2.24) is 0 Å². The van der Waals surface area contributed by atoms with Crippen LogP contribution in [0.15, 0.2) is 70.7 Å². The molecule has 5 nitrogen and oxygen atoms in total. The quantitative estimate of drug-likeness (QED) is 0.320. The molecule has 0 bridgehead atoms. The molecule has 3 rings (SSSR count). The van der Waals surface area contributed by atoms with Crippen LogP contribution >= 0.6 is 22.6 Å². The van der Waals surface area contributed by atoms with Gasteiger partial charge in [-0.05, 0) is 71.1 Å². The lowest BCUT2D eigenvalue weighted by atomic mass is 10.2. The minimum Gasteiger partial charge on any atom is -0.497 e. The van der Waals surface area contributed by atoms with Crippen molar-refractivity contribution in [1.29, 1.82) is 5.26 Å². The third-order valence-corrected chi connectivity index (χ3v) is 4.47. The molecule has 1 aromatic heterocycles. The molecule has 0 saturated heterocycles. The Morgan fingerprint density at radius 2 is 1.81 bits per heavy atom. The van der Waals surface area contributed by atoms with Gasteiger partial charge in [-0.1, -0.05) is 12.1 Å². The highest BCUT2D eigenvalue weighted by atomic mass is 127. The van der Waals surface area contributed by atoms with E-state index in [0.29, 0.717) is 23.0 Å². The van der Waals surface area contributed by atoms with E-state index in [1.807, 2.05) is 36.4 Å². The summed E-state index contributed by atoms with van der Waals surface area (Å²) in [5.74, 6) is 1.29. The van der Waals surface area contributed by atoms with Gasteiger partial charge in [-0.2, -0.15) is 5.26 Å². The maximum absolute atomic E-state index is 12.3. The number of ether oxygens (including phenoxy) is 1. The van der Waals surface area contributed by atoms with Crippen LogP contribution in [-0.2, 0) is 4.79 Å². The van der Waals surface area contributed by atoms with Crippen molar-refractivity contribution < 1.29 is 13.9 Å². The maximum atomic E-state index is 12.3. The Balaban J connectivity index is 1.76. The predicted molar refractivity (Wildman–Crippen MR) is 112 cm³/mol. The fourth-order valence-electron chi connectivity index (χ4n) is 2.36. The smallest absolute Gasteiger partial charge is 0.266 e. The van der Waals surface area contributed by atoms with Gasteiger partial charge in [-0.15, -0.1) is 0 Å². The molecule has 0 aliphatic heterocycles. The summed E-state index contributed by atoms with van der Waals surface area (Å²) in [6, 6.07) is 20.2. The highest BCUT2D eigenvalue weighted by Gasteiger charge is 2.11. The number of nitrogens with one attached hydrogen (secondary N) is 1. The Hall–Kier alpha value is -3.05. The first-order valence-electron chi connectivity index (χ1n) is 8.02. The topological polar surface area (TPSA) is 75.3 Å². The van der Waals surface area contributed by atoms with Crippen LogP contribution < -0.4 is 10.1 Å². The normalized spacial score (nSPS) is 10.9. The number of rotatable bonds is 5. The SMILES string of the molecule is COc1ccc(NC(=O)/C(C#N)=C\c2ccc(-c3ccc(I)cc3)o2)cc1. The van der Waals surface area contributed by atoms with Gasteiger partial charge < -0.3 is 14.5 Å². The van der Waals surface area contributed by atoms with E-state index in [4.69, 9.17) is 9.15 Å². The third kappa shape index (κ3) is 4.77. The van der Waals surface area contributed by atoms with Gasteiger partial charge in [-0.3, -0.25) is 4.79 Å². The van der Waals surface area contributed by atoms with Gasteiger partial charge in [0.1, 0.15) is 28.9 Å². The minimum absolute atomic E-state index is 0.0469. The van der Waals surface area contributed by atoms with E-state index in [1.165, 1.54) is 6.08 Å². The van der Waals surface area contributed by atoms with Gasteiger partial charge in [0.25, 0.3) is 5.91 Å². The number of hydrogen-bond acceptors (Lipinski definition) is 4. The zero-order chi connectivity index (χ0) is 19.2. The lowest BCUT2D eigenvalue weighted by Gasteiger charge is -2.05. The van der Waals surface area contributed by atoms with Crippen LogP contribution in [0.3, 0.4) is 0 Å². The highest BCUT2D eigenvalue weighted by molar-refractivity contribution is 14.1. The lowest BCUT2D eigenvalue weighted by molar-refractivity contribution is -0.112. The summed E-state index contributed by atoms with van der Waals surface area (Å²) in [6.45, 7) is 0. The largest absolute Gasteiger partial charge is 0.497 e. The lowest BCUT2D eigenvalue weighted by Crippen LogP contribution is -2.13. The van der Waals surface area contributed by atoms with Crippen LogP contribution in [0, 0.1) is 14.9 Å². The zero-order valence-corrected chi connectivity index (χ0v) is 16.6. The average Bonchev–Trinajstić information content (AvgIpc) is 3.16. The van der Waals surface area contributed by atoms with Crippen LogP contribution in [-0.4, -0.2) is 13.0 Å². The molecule has 2 aromatic carbocycles. The van der Waals surface area contributed by atoms with Crippen LogP contribution in [0.5, 0.6) is 5.75 Å². The standard InChI is InChI=1S/C21H15IN2O3/c1-26-18-8-6-17(7-9-18)24-21(25)15(13-23)12-19-10-11-20(27-19)14-2-4-16(22)5-3-14/h2-12H,1H3,(H,24,25)/b15-12-. The first kappa shape index (κ1) is 18.7. The monoisotopic (exact) mass is 470 g/mol. The molecule has 0 fully saturated rings. The van der Waals surface area contributed by atoms with E-state index in [9.17, 15) is 10.1 Å². The number of carbonyl (C=O) groups is 1. The molecule has 0 radical (unpaired) electrons. The van der Waals surface area contributed by atoms with Crippen LogP contribution in [0.4, 0.5) is 5.69 Å². The van der Waals surface area contributed by atoms with Gasteiger partial charge in [0.05, 0.1) is 7.11 Å². The van der Waals surface area contributed by atoms with Crippen molar-refractivity contribution in [2.24, 2.45) is 0 Å². The van der Waals surface area contributed by atoms with Gasteiger partial charge in [-0.25, -0.2) is 0 Å². The number of benzene rings is 2. The van der Waals surface area contributed by atoms with Crippen molar-refractivity contribution >= 4 is 40.3 Å². The van der Waals surface area contributed by atoms with Crippen LogP contribution in [0.2, 0.25) is 0 Å². The Labute approximate surface area is 170 Å². The first-order valence-corrected chi connectivity index (χ1v) is 9.10. The molecule has 1 amide bonds. The number of hydrogen-bond donors (Lipinski definition) is 1. The fraction of sp³-hybridized carbons (Fsp3) is 0.0476. The summed E-state index contributed by atoms with van der Waals surface area (Å²) in [5, 5.41) is 12.0. The van der Waals surface area contributed by atoms with Gasteiger partial charge in [0.2, 0.25) is 0 Å². The molecule has 0 unspecified atom stereocenters. The second-order valence-electron chi connectivity index (χ2n) is 5.56. The number of anilines is 1. The van der Waals surface area contributed by atoms with Crippen molar-refractivity contribution in [3.63, 3.8) is 0 Å². The second-order valence-corrected chi connectivity index (χ2v) is 6.81. The number of amides is 1. The predicted octanol–water partition coefficient (Wildman–Crippen LogP) is 5.11. The summed E-state index contributed by atoms with van der Waals surface area (Å²) in [4.78, 5) is 12.3. The van der Waals surface area contributed by atoms with Gasteiger partial charge in [0.15, 0.2) is 0 Å². The molecule has 0 spiro atoms. The van der Waals surface area contributed by atoms with Crippen molar-refractivity contribution in [2.75, 3.05) is 12.4 Å². The summed E-state index contributed by atoms with van der Waals surface area (Å²) < 4.78 is 12.0. The van der Waals surface area contributed by atoms with Gasteiger partial charge in [0, 0.05) is 20.9 Å². The highest BCUT2D eigenvalue weighted by Crippen LogP contribution is 2.24. The van der Waals surface area contributed by atoms with E-state index in [1.54, 1.807) is 37.4 Å². The minimum atomic E-state index is -0.505. The second kappa shape index (κ2) is 8.56. The number of halogens is 1. The number of furan rings is 1. The number of nitriles is 1. The molecular weight excluding hydrogens is 455 g/mol. The molecular formula is C21H15IN2O3. The number of nitrogens with zero attached hydrogens (tertiary/aromatic N) is 1. The summed E-state index contributed by atoms with van der Waals surface area (Å²) >= 11 is 2.23.